The summed E-state index contributed by atoms with van der Waals surface area (Å²) in [6.45, 7) is 1.27. The molecule has 0 aromatic rings. The monoisotopic (exact) mass is 185 g/mol. The first-order valence-electron chi connectivity index (χ1n) is 4.42. The van der Waals surface area contributed by atoms with Crippen LogP contribution in [0.25, 0.3) is 0 Å². The number of carbonyl (C=O) groups is 2. The van der Waals surface area contributed by atoms with E-state index in [1.807, 2.05) is 0 Å². The van der Waals surface area contributed by atoms with Crippen molar-refractivity contribution in [2.75, 3.05) is 13.1 Å². The highest BCUT2D eigenvalue weighted by Gasteiger charge is 2.22. The highest BCUT2D eigenvalue weighted by atomic mass is 16.2. The molecule has 5 heteroatoms. The lowest BCUT2D eigenvalue weighted by Gasteiger charge is -2.30. The van der Waals surface area contributed by atoms with Gasteiger partial charge in [0.2, 0.25) is 5.91 Å². The molecule has 0 aromatic carbocycles. The second-order valence-corrected chi connectivity index (χ2v) is 3.46. The summed E-state index contributed by atoms with van der Waals surface area (Å²) in [4.78, 5) is 23.0. The lowest BCUT2D eigenvalue weighted by molar-refractivity contribution is -0.119. The van der Waals surface area contributed by atoms with Crippen molar-refractivity contribution < 1.29 is 9.59 Å². The minimum absolute atomic E-state index is 0.193. The van der Waals surface area contributed by atoms with Crippen LogP contribution in [-0.4, -0.2) is 29.9 Å². The minimum Gasteiger partial charge on any atom is -0.370 e. The van der Waals surface area contributed by atoms with Gasteiger partial charge in [0.1, 0.15) is 0 Å². The summed E-state index contributed by atoms with van der Waals surface area (Å²) in [6.07, 6.45) is 2.21. The Morgan fingerprint density at radius 3 is 2.62 bits per heavy atom. The third-order valence-corrected chi connectivity index (χ3v) is 2.32. The van der Waals surface area contributed by atoms with Crippen LogP contribution in [0.15, 0.2) is 0 Å². The maximum Gasteiger partial charge on any atom is 0.314 e. The number of amides is 3. The van der Waals surface area contributed by atoms with E-state index in [0.29, 0.717) is 19.5 Å². The maximum atomic E-state index is 10.8. The largest absolute Gasteiger partial charge is 0.370 e. The highest BCUT2D eigenvalue weighted by molar-refractivity contribution is 5.74. The summed E-state index contributed by atoms with van der Waals surface area (Å²) >= 11 is 0. The molecular weight excluding hydrogens is 170 g/mol. The Morgan fingerprint density at radius 1 is 1.38 bits per heavy atom. The van der Waals surface area contributed by atoms with Crippen LogP contribution in [0.5, 0.6) is 0 Å². The summed E-state index contributed by atoms with van der Waals surface area (Å²) in [5, 5.41) is 0. The number of rotatable bonds is 2. The summed E-state index contributed by atoms with van der Waals surface area (Å²) in [5.74, 6) is -0.116. The van der Waals surface area contributed by atoms with Crippen molar-refractivity contribution in [3.63, 3.8) is 0 Å². The number of hydrogen-bond acceptors (Lipinski definition) is 2. The zero-order valence-corrected chi connectivity index (χ0v) is 7.53. The minimum atomic E-state index is -0.408. The Balaban J connectivity index is 2.41. The molecule has 1 unspecified atom stereocenters. The van der Waals surface area contributed by atoms with E-state index < -0.39 is 6.03 Å². The van der Waals surface area contributed by atoms with Crippen LogP contribution < -0.4 is 11.5 Å². The van der Waals surface area contributed by atoms with Gasteiger partial charge in [0, 0.05) is 19.5 Å². The predicted molar refractivity (Wildman–Crippen MR) is 47.7 cm³/mol. The molecule has 5 nitrogen and oxygen atoms in total. The van der Waals surface area contributed by atoms with E-state index in [0.717, 1.165) is 12.8 Å². The van der Waals surface area contributed by atoms with Gasteiger partial charge in [-0.25, -0.2) is 4.79 Å². The molecule has 0 aromatic heterocycles. The number of hydrogen-bond donors (Lipinski definition) is 2. The second kappa shape index (κ2) is 4.11. The number of nitrogens with two attached hydrogens (primary N) is 2. The van der Waals surface area contributed by atoms with E-state index in [1.54, 1.807) is 4.90 Å². The van der Waals surface area contributed by atoms with Crippen LogP contribution in [0, 0.1) is 5.92 Å². The van der Waals surface area contributed by atoms with Crippen LogP contribution in [0.2, 0.25) is 0 Å². The summed E-state index contributed by atoms with van der Waals surface area (Å²) in [5.41, 5.74) is 10.2. The zero-order valence-electron chi connectivity index (χ0n) is 7.53. The van der Waals surface area contributed by atoms with Crippen LogP contribution in [0.4, 0.5) is 4.79 Å². The maximum absolute atomic E-state index is 10.8. The number of primary amides is 2. The van der Waals surface area contributed by atoms with Crippen molar-refractivity contribution >= 4 is 11.9 Å². The van der Waals surface area contributed by atoms with Gasteiger partial charge in [-0.05, 0) is 18.8 Å². The van der Waals surface area contributed by atoms with Gasteiger partial charge in [-0.15, -0.1) is 0 Å². The first-order valence-corrected chi connectivity index (χ1v) is 4.42. The molecule has 1 aliphatic heterocycles. The van der Waals surface area contributed by atoms with E-state index >= 15 is 0 Å². The molecule has 1 fully saturated rings. The second-order valence-electron chi connectivity index (χ2n) is 3.46. The summed E-state index contributed by atoms with van der Waals surface area (Å²) in [7, 11) is 0. The van der Waals surface area contributed by atoms with Gasteiger partial charge in [0.05, 0.1) is 0 Å². The van der Waals surface area contributed by atoms with E-state index in [2.05, 4.69) is 0 Å². The van der Waals surface area contributed by atoms with Crippen molar-refractivity contribution in [1.29, 1.82) is 0 Å². The fraction of sp³-hybridized carbons (Fsp3) is 0.750. The molecule has 74 valence electrons. The smallest absolute Gasteiger partial charge is 0.314 e. The standard InChI is InChI=1S/C8H15N3O2/c9-7(12)4-6-2-1-3-11(5-6)8(10)13/h6H,1-5H2,(H2,9,12)(H2,10,13). The molecule has 1 rings (SSSR count). The first-order chi connectivity index (χ1) is 6.09. The van der Waals surface area contributed by atoms with Gasteiger partial charge < -0.3 is 16.4 Å². The van der Waals surface area contributed by atoms with E-state index in [-0.39, 0.29) is 11.8 Å². The summed E-state index contributed by atoms with van der Waals surface area (Å²) in [6, 6.07) is -0.408. The number of piperidine rings is 1. The van der Waals surface area contributed by atoms with Gasteiger partial charge in [-0.1, -0.05) is 0 Å². The van der Waals surface area contributed by atoms with E-state index in [9.17, 15) is 9.59 Å². The fourth-order valence-corrected chi connectivity index (χ4v) is 1.72. The van der Waals surface area contributed by atoms with Crippen LogP contribution in [0.3, 0.4) is 0 Å². The molecule has 4 N–H and O–H groups in total. The van der Waals surface area contributed by atoms with E-state index in [1.165, 1.54) is 0 Å². The molecule has 0 bridgehead atoms. The number of carbonyl (C=O) groups excluding carboxylic acids is 2. The van der Waals surface area contributed by atoms with Crippen LogP contribution in [-0.2, 0) is 4.79 Å². The Bertz CT molecular complexity index is 217. The average molecular weight is 185 g/mol. The Labute approximate surface area is 77.1 Å². The molecule has 1 aliphatic rings. The number of likely N-dealkylation sites (tertiary alicyclic amines) is 1. The SMILES string of the molecule is NC(=O)CC1CCCN(C(N)=O)C1. The van der Waals surface area contributed by atoms with Gasteiger partial charge in [0.25, 0.3) is 0 Å². The van der Waals surface area contributed by atoms with Crippen LogP contribution in [0.1, 0.15) is 19.3 Å². The lowest BCUT2D eigenvalue weighted by atomic mass is 9.95. The predicted octanol–water partition coefficient (Wildman–Crippen LogP) is -0.348. The van der Waals surface area contributed by atoms with Gasteiger partial charge >= 0.3 is 6.03 Å². The molecule has 0 saturated carbocycles. The van der Waals surface area contributed by atoms with Gasteiger partial charge in [-0.2, -0.15) is 0 Å². The molecule has 3 amide bonds. The average Bonchev–Trinajstić information content (AvgIpc) is 2.03. The molecule has 0 radical (unpaired) electrons. The normalized spacial score (nSPS) is 22.8. The van der Waals surface area contributed by atoms with Gasteiger partial charge in [0.15, 0.2) is 0 Å². The Morgan fingerprint density at radius 2 is 2.08 bits per heavy atom. The Hall–Kier alpha value is -1.26. The van der Waals surface area contributed by atoms with Crippen LogP contribution >= 0.6 is 0 Å². The molecule has 0 aliphatic carbocycles. The topological polar surface area (TPSA) is 89.4 Å². The molecule has 1 atom stereocenters. The molecule has 13 heavy (non-hydrogen) atoms. The van der Waals surface area contributed by atoms with Crippen molar-refractivity contribution in [3.8, 4) is 0 Å². The zero-order chi connectivity index (χ0) is 9.84. The first kappa shape index (κ1) is 9.83. The van der Waals surface area contributed by atoms with Gasteiger partial charge in [-0.3, -0.25) is 4.79 Å². The van der Waals surface area contributed by atoms with Crippen molar-refractivity contribution in [2.24, 2.45) is 17.4 Å². The van der Waals surface area contributed by atoms with Crippen molar-refractivity contribution in [3.05, 3.63) is 0 Å². The number of nitrogens with zero attached hydrogens (tertiary/aromatic N) is 1. The molecule has 1 heterocycles. The highest BCUT2D eigenvalue weighted by Crippen LogP contribution is 2.18. The summed E-state index contributed by atoms with van der Waals surface area (Å²) < 4.78 is 0. The fourth-order valence-electron chi connectivity index (χ4n) is 1.72. The Kier molecular flexibility index (Phi) is 3.11. The third kappa shape index (κ3) is 2.93. The molecular formula is C8H15N3O2. The number of urea groups is 1. The van der Waals surface area contributed by atoms with Crippen molar-refractivity contribution in [2.45, 2.75) is 19.3 Å². The van der Waals surface area contributed by atoms with E-state index in [4.69, 9.17) is 11.5 Å². The van der Waals surface area contributed by atoms with Crippen molar-refractivity contribution in [1.82, 2.24) is 4.90 Å². The molecule has 0 spiro atoms. The molecule has 1 saturated heterocycles. The lowest BCUT2D eigenvalue weighted by Crippen LogP contribution is -2.43. The third-order valence-electron chi connectivity index (χ3n) is 2.32. The quantitative estimate of drug-likeness (QED) is 0.615.